The highest BCUT2D eigenvalue weighted by Gasteiger charge is 2.16. The van der Waals surface area contributed by atoms with Crippen LogP contribution >= 0.6 is 23.1 Å². The third-order valence-corrected chi connectivity index (χ3v) is 6.55. The molecular weight excluding hydrogens is 423 g/mol. The maximum absolute atomic E-state index is 13.8. The number of carboxylic acid groups (broad SMARTS) is 1. The molecule has 0 aliphatic rings. The number of nitrogens with one attached hydrogen (secondary N) is 1. The van der Waals surface area contributed by atoms with Gasteiger partial charge in [-0.2, -0.15) is 0 Å². The molecule has 0 fully saturated rings. The first kappa shape index (κ1) is 20.1. The maximum atomic E-state index is 13.8. The van der Waals surface area contributed by atoms with E-state index < -0.39 is 11.9 Å². The Morgan fingerprint density at radius 2 is 1.77 bits per heavy atom. The van der Waals surface area contributed by atoms with Crippen LogP contribution in [0.5, 0.6) is 0 Å². The van der Waals surface area contributed by atoms with Crippen molar-refractivity contribution in [3.63, 3.8) is 0 Å². The van der Waals surface area contributed by atoms with Crippen LogP contribution in [0.1, 0.15) is 26.3 Å². The molecule has 1 heterocycles. The monoisotopic (exact) mass is 438 g/mol. The van der Waals surface area contributed by atoms with Gasteiger partial charge in [0, 0.05) is 11.4 Å². The average Bonchev–Trinajstić information content (AvgIpc) is 3.15. The molecule has 1 aromatic heterocycles. The number of nitrogens with zero attached hydrogens (tertiary/aromatic N) is 1. The molecule has 0 bridgehead atoms. The van der Waals surface area contributed by atoms with Gasteiger partial charge in [0.2, 0.25) is 0 Å². The third kappa shape index (κ3) is 4.34. The Balaban J connectivity index is 1.51. The first-order valence-corrected chi connectivity index (χ1v) is 10.7. The van der Waals surface area contributed by atoms with Gasteiger partial charge in [-0.15, -0.1) is 11.3 Å². The summed E-state index contributed by atoms with van der Waals surface area (Å²) < 4.78 is 15.5. The van der Waals surface area contributed by atoms with Crippen LogP contribution in [0.2, 0.25) is 0 Å². The van der Waals surface area contributed by atoms with Gasteiger partial charge in [0.25, 0.3) is 5.91 Å². The number of rotatable bonds is 6. The Kier molecular flexibility index (Phi) is 5.78. The lowest BCUT2D eigenvalue weighted by atomic mass is 10.1. The van der Waals surface area contributed by atoms with Crippen molar-refractivity contribution in [2.75, 3.05) is 5.32 Å². The van der Waals surface area contributed by atoms with Crippen LogP contribution in [0, 0.1) is 5.82 Å². The number of carbonyl (C=O) groups is 2. The number of hydrogen-bond donors (Lipinski definition) is 2. The molecule has 150 valence electrons. The maximum Gasteiger partial charge on any atom is 0.336 e. The van der Waals surface area contributed by atoms with Crippen LogP contribution in [0.3, 0.4) is 0 Å². The Morgan fingerprint density at radius 1 is 1.03 bits per heavy atom. The van der Waals surface area contributed by atoms with E-state index >= 15 is 0 Å². The van der Waals surface area contributed by atoms with Crippen LogP contribution < -0.4 is 5.32 Å². The highest BCUT2D eigenvalue weighted by Crippen LogP contribution is 2.33. The second kappa shape index (κ2) is 8.64. The van der Waals surface area contributed by atoms with Gasteiger partial charge in [-0.25, -0.2) is 14.2 Å². The van der Waals surface area contributed by atoms with Crippen LogP contribution in [0.25, 0.3) is 10.2 Å². The lowest BCUT2D eigenvalue weighted by Crippen LogP contribution is -2.16. The minimum absolute atomic E-state index is 0.0549. The molecule has 0 saturated heterocycles. The van der Waals surface area contributed by atoms with E-state index in [0.717, 1.165) is 14.6 Å². The molecule has 4 rings (SSSR count). The van der Waals surface area contributed by atoms with Crippen molar-refractivity contribution in [3.8, 4) is 0 Å². The summed E-state index contributed by atoms with van der Waals surface area (Å²) in [5, 5.41) is 12.0. The largest absolute Gasteiger partial charge is 0.478 e. The number of anilines is 1. The standard InChI is InChI=1S/C22H15FN2O3S2/c23-17-8-4-1-5-13(17)12-29-22-25-18-10-9-14(11-19(18)30-22)24-20(26)15-6-2-3-7-16(15)21(27)28/h1-11H,12H2,(H,24,26)(H,27,28). The fourth-order valence-electron chi connectivity index (χ4n) is 2.86. The minimum atomic E-state index is -1.16. The fourth-order valence-corrected chi connectivity index (χ4v) is 4.96. The Labute approximate surface area is 179 Å². The highest BCUT2D eigenvalue weighted by molar-refractivity contribution is 8.00. The molecule has 0 radical (unpaired) electrons. The molecular formula is C22H15FN2O3S2. The van der Waals surface area contributed by atoms with E-state index in [1.807, 2.05) is 0 Å². The SMILES string of the molecule is O=C(O)c1ccccc1C(=O)Nc1ccc2nc(SCc3ccccc3F)sc2c1. The van der Waals surface area contributed by atoms with E-state index in [1.54, 1.807) is 48.5 Å². The molecule has 3 aromatic carbocycles. The molecule has 0 spiro atoms. The van der Waals surface area contributed by atoms with Gasteiger partial charge in [0.15, 0.2) is 4.34 Å². The van der Waals surface area contributed by atoms with Gasteiger partial charge in [-0.05, 0) is 42.0 Å². The average molecular weight is 439 g/mol. The van der Waals surface area contributed by atoms with Gasteiger partial charge in [0.05, 0.1) is 21.3 Å². The van der Waals surface area contributed by atoms with Crippen LogP contribution in [0.4, 0.5) is 10.1 Å². The van der Waals surface area contributed by atoms with Crippen LogP contribution in [0.15, 0.2) is 71.1 Å². The summed E-state index contributed by atoms with van der Waals surface area (Å²) in [5.41, 5.74) is 1.98. The summed E-state index contributed by atoms with van der Waals surface area (Å²) in [4.78, 5) is 28.4. The van der Waals surface area contributed by atoms with E-state index in [-0.39, 0.29) is 16.9 Å². The van der Waals surface area contributed by atoms with Gasteiger partial charge in [0.1, 0.15) is 5.82 Å². The molecule has 0 unspecified atom stereocenters. The second-order valence-corrected chi connectivity index (χ2v) is 8.60. The van der Waals surface area contributed by atoms with Crippen molar-refractivity contribution in [3.05, 3.63) is 89.2 Å². The van der Waals surface area contributed by atoms with Crippen molar-refractivity contribution in [1.82, 2.24) is 4.98 Å². The van der Waals surface area contributed by atoms with E-state index in [9.17, 15) is 19.1 Å². The van der Waals surface area contributed by atoms with Crippen molar-refractivity contribution in [2.24, 2.45) is 0 Å². The molecule has 0 atom stereocenters. The predicted molar refractivity (Wildman–Crippen MR) is 117 cm³/mol. The summed E-state index contributed by atoms with van der Waals surface area (Å²) in [7, 11) is 0. The Morgan fingerprint density at radius 3 is 2.53 bits per heavy atom. The van der Waals surface area contributed by atoms with Crippen LogP contribution in [-0.4, -0.2) is 22.0 Å². The zero-order valence-corrected chi connectivity index (χ0v) is 17.1. The molecule has 0 aliphatic heterocycles. The molecule has 1 amide bonds. The van der Waals surface area contributed by atoms with Crippen molar-refractivity contribution < 1.29 is 19.1 Å². The number of thioether (sulfide) groups is 1. The number of carbonyl (C=O) groups excluding carboxylic acids is 1. The smallest absolute Gasteiger partial charge is 0.336 e. The number of amides is 1. The van der Waals surface area contributed by atoms with Crippen molar-refractivity contribution in [2.45, 2.75) is 10.1 Å². The van der Waals surface area contributed by atoms with Crippen molar-refractivity contribution in [1.29, 1.82) is 0 Å². The second-order valence-electron chi connectivity index (χ2n) is 6.35. The third-order valence-electron chi connectivity index (χ3n) is 4.34. The first-order chi connectivity index (χ1) is 14.5. The zero-order chi connectivity index (χ0) is 21.1. The van der Waals surface area contributed by atoms with E-state index in [0.29, 0.717) is 17.0 Å². The van der Waals surface area contributed by atoms with Crippen molar-refractivity contribution >= 4 is 50.9 Å². The number of hydrogen-bond acceptors (Lipinski definition) is 5. The molecule has 4 aromatic rings. The lowest BCUT2D eigenvalue weighted by Gasteiger charge is -2.07. The molecule has 30 heavy (non-hydrogen) atoms. The topological polar surface area (TPSA) is 79.3 Å². The number of aromatic nitrogens is 1. The Hall–Kier alpha value is -3.23. The molecule has 8 heteroatoms. The van der Waals surface area contributed by atoms with E-state index in [4.69, 9.17) is 0 Å². The highest BCUT2D eigenvalue weighted by atomic mass is 32.2. The number of benzene rings is 3. The minimum Gasteiger partial charge on any atom is -0.478 e. The van der Waals surface area contributed by atoms with Gasteiger partial charge in [-0.1, -0.05) is 42.1 Å². The van der Waals surface area contributed by atoms with Gasteiger partial charge >= 0.3 is 5.97 Å². The summed E-state index contributed by atoms with van der Waals surface area (Å²) in [5.74, 6) is -1.42. The van der Waals surface area contributed by atoms with E-state index in [2.05, 4.69) is 10.3 Å². The number of thiazole rings is 1. The van der Waals surface area contributed by atoms with Gasteiger partial charge in [-0.3, -0.25) is 4.79 Å². The van der Waals surface area contributed by atoms with Gasteiger partial charge < -0.3 is 10.4 Å². The summed E-state index contributed by atoms with van der Waals surface area (Å²) in [6.07, 6.45) is 0. The summed E-state index contributed by atoms with van der Waals surface area (Å²) in [6, 6.07) is 18.0. The molecule has 0 aliphatic carbocycles. The molecule has 0 saturated carbocycles. The zero-order valence-electron chi connectivity index (χ0n) is 15.5. The Bertz CT molecular complexity index is 1260. The molecule has 2 N–H and O–H groups in total. The normalized spacial score (nSPS) is 10.8. The number of halogens is 1. The van der Waals surface area contributed by atoms with E-state index in [1.165, 1.54) is 41.3 Å². The lowest BCUT2D eigenvalue weighted by molar-refractivity contribution is 0.0692. The number of carboxylic acids is 1. The number of aromatic carboxylic acids is 1. The molecule has 5 nitrogen and oxygen atoms in total. The predicted octanol–water partition coefficient (Wildman–Crippen LogP) is 5.68. The van der Waals surface area contributed by atoms with Crippen LogP contribution in [-0.2, 0) is 5.75 Å². The first-order valence-electron chi connectivity index (χ1n) is 8.92. The fraction of sp³-hybridized carbons (Fsp3) is 0.0455. The summed E-state index contributed by atoms with van der Waals surface area (Å²) >= 11 is 2.90. The quantitative estimate of drug-likeness (QED) is 0.379. The summed E-state index contributed by atoms with van der Waals surface area (Å²) in [6.45, 7) is 0. The number of fused-ring (bicyclic) bond motifs is 1.